The van der Waals surface area contributed by atoms with Crippen molar-refractivity contribution < 1.29 is 4.79 Å². The second-order valence-corrected chi connectivity index (χ2v) is 2.22. The highest BCUT2D eigenvalue weighted by atomic mass is 35.5. The van der Waals surface area contributed by atoms with Crippen LogP contribution in [-0.2, 0) is 0 Å². The second-order valence-electron chi connectivity index (χ2n) is 1.84. The average molecular weight is 148 g/mol. The van der Waals surface area contributed by atoms with Crippen molar-refractivity contribution in [2.45, 2.75) is 0 Å². The van der Waals surface area contributed by atoms with Crippen molar-refractivity contribution in [3.05, 3.63) is 0 Å². The lowest BCUT2D eigenvalue weighted by Gasteiger charge is -2.09. The SMILES string of the molecule is O=C1[N]CCN1CCCl. The zero-order valence-electron chi connectivity index (χ0n) is 5.01. The molecule has 0 aromatic carbocycles. The number of hydrogen-bond acceptors (Lipinski definition) is 1. The number of urea groups is 1. The molecule has 0 aromatic heterocycles. The number of carbonyl (C=O) groups is 1. The van der Waals surface area contributed by atoms with E-state index in [-0.39, 0.29) is 6.03 Å². The van der Waals surface area contributed by atoms with Gasteiger partial charge in [0.05, 0.1) is 6.54 Å². The maximum atomic E-state index is 10.7. The predicted molar refractivity (Wildman–Crippen MR) is 34.7 cm³/mol. The van der Waals surface area contributed by atoms with Gasteiger partial charge in [0.25, 0.3) is 0 Å². The van der Waals surface area contributed by atoms with Crippen LogP contribution in [0.2, 0.25) is 0 Å². The van der Waals surface area contributed by atoms with Crippen LogP contribution in [0.4, 0.5) is 4.79 Å². The van der Waals surface area contributed by atoms with Crippen molar-refractivity contribution in [3.8, 4) is 0 Å². The third kappa shape index (κ3) is 1.48. The molecule has 0 aliphatic carbocycles. The minimum Gasteiger partial charge on any atom is -0.320 e. The fourth-order valence-electron chi connectivity index (χ4n) is 0.771. The second kappa shape index (κ2) is 2.92. The van der Waals surface area contributed by atoms with E-state index in [0.717, 1.165) is 6.54 Å². The monoisotopic (exact) mass is 147 g/mol. The lowest BCUT2D eigenvalue weighted by atomic mass is 10.6. The van der Waals surface area contributed by atoms with Gasteiger partial charge in [-0.1, -0.05) is 0 Å². The van der Waals surface area contributed by atoms with Gasteiger partial charge in [-0.3, -0.25) is 0 Å². The lowest BCUT2D eigenvalue weighted by molar-refractivity contribution is 0.219. The average Bonchev–Trinajstić information content (AvgIpc) is 2.18. The Morgan fingerprint density at radius 3 is 3.00 bits per heavy atom. The molecule has 0 atom stereocenters. The van der Waals surface area contributed by atoms with E-state index in [1.165, 1.54) is 0 Å². The summed E-state index contributed by atoms with van der Waals surface area (Å²) in [6.07, 6.45) is 0. The largest absolute Gasteiger partial charge is 0.339 e. The van der Waals surface area contributed by atoms with Gasteiger partial charge in [-0.15, -0.1) is 11.6 Å². The minimum atomic E-state index is -0.115. The molecule has 4 heteroatoms. The Morgan fingerprint density at radius 2 is 2.56 bits per heavy atom. The molecule has 0 bridgehead atoms. The van der Waals surface area contributed by atoms with E-state index < -0.39 is 0 Å². The van der Waals surface area contributed by atoms with Crippen molar-refractivity contribution in [1.29, 1.82) is 0 Å². The van der Waals surface area contributed by atoms with Crippen LogP contribution < -0.4 is 5.32 Å². The molecule has 0 N–H and O–H groups in total. The molecule has 51 valence electrons. The zero-order chi connectivity index (χ0) is 6.69. The molecule has 0 spiro atoms. The van der Waals surface area contributed by atoms with Crippen molar-refractivity contribution in [2.75, 3.05) is 25.5 Å². The van der Waals surface area contributed by atoms with Crippen LogP contribution in [0.1, 0.15) is 0 Å². The Morgan fingerprint density at radius 1 is 1.78 bits per heavy atom. The molecule has 9 heavy (non-hydrogen) atoms. The zero-order valence-corrected chi connectivity index (χ0v) is 5.76. The summed E-state index contributed by atoms with van der Waals surface area (Å²) in [6, 6.07) is -0.115. The molecule has 1 saturated heterocycles. The Bertz CT molecular complexity index is 118. The number of amides is 2. The summed E-state index contributed by atoms with van der Waals surface area (Å²) in [5.74, 6) is 0.501. The third-order valence-corrected chi connectivity index (χ3v) is 1.41. The van der Waals surface area contributed by atoms with Crippen LogP contribution in [0.15, 0.2) is 0 Å². The van der Waals surface area contributed by atoms with E-state index in [1.54, 1.807) is 4.90 Å². The van der Waals surface area contributed by atoms with E-state index in [9.17, 15) is 4.79 Å². The first kappa shape index (κ1) is 6.68. The van der Waals surface area contributed by atoms with Gasteiger partial charge in [0, 0.05) is 19.0 Å². The van der Waals surface area contributed by atoms with Crippen LogP contribution in [0.25, 0.3) is 0 Å². The van der Waals surface area contributed by atoms with E-state index in [1.807, 2.05) is 0 Å². The van der Waals surface area contributed by atoms with Gasteiger partial charge in [-0.25, -0.2) is 10.1 Å². The molecule has 3 nitrogen and oxygen atoms in total. The number of halogens is 1. The molecule has 1 rings (SSSR count). The van der Waals surface area contributed by atoms with Crippen LogP contribution in [0.3, 0.4) is 0 Å². The number of rotatable bonds is 2. The van der Waals surface area contributed by atoms with Crippen molar-refractivity contribution in [3.63, 3.8) is 0 Å². The summed E-state index contributed by atoms with van der Waals surface area (Å²) in [4.78, 5) is 12.3. The molecule has 1 aliphatic heterocycles. The number of hydrogen-bond donors (Lipinski definition) is 0. The Balaban J connectivity index is 2.31. The maximum Gasteiger partial charge on any atom is 0.339 e. The van der Waals surface area contributed by atoms with E-state index in [0.29, 0.717) is 19.0 Å². The summed E-state index contributed by atoms with van der Waals surface area (Å²) >= 11 is 5.41. The Kier molecular flexibility index (Phi) is 2.16. The van der Waals surface area contributed by atoms with E-state index in [4.69, 9.17) is 11.6 Å². The first-order valence-electron chi connectivity index (χ1n) is 2.87. The smallest absolute Gasteiger partial charge is 0.320 e. The summed E-state index contributed by atoms with van der Waals surface area (Å²) in [5.41, 5.74) is 0. The summed E-state index contributed by atoms with van der Waals surface area (Å²) in [7, 11) is 0. The molecule has 1 aliphatic rings. The molecular formula is C5H8ClN2O. The highest BCUT2D eigenvalue weighted by Gasteiger charge is 2.19. The van der Waals surface area contributed by atoms with Crippen molar-refractivity contribution >= 4 is 17.6 Å². The van der Waals surface area contributed by atoms with Gasteiger partial charge >= 0.3 is 6.03 Å². The number of nitrogens with zero attached hydrogens (tertiary/aromatic N) is 2. The molecule has 0 aromatic rings. The first-order valence-corrected chi connectivity index (χ1v) is 3.40. The molecular weight excluding hydrogens is 140 g/mol. The molecule has 1 heterocycles. The van der Waals surface area contributed by atoms with Crippen LogP contribution in [0, 0.1) is 0 Å². The van der Waals surface area contributed by atoms with Gasteiger partial charge in [0.1, 0.15) is 0 Å². The predicted octanol–water partition coefficient (Wildman–Crippen LogP) is 0.265. The topological polar surface area (TPSA) is 34.4 Å². The molecule has 1 fully saturated rings. The van der Waals surface area contributed by atoms with Gasteiger partial charge in [-0.2, -0.15) is 0 Å². The van der Waals surface area contributed by atoms with Gasteiger partial charge < -0.3 is 4.90 Å². The quantitative estimate of drug-likeness (QED) is 0.516. The normalized spacial score (nSPS) is 18.3. The summed E-state index contributed by atoms with van der Waals surface area (Å²) in [6.45, 7) is 2.01. The molecule has 1 radical (unpaired) electrons. The minimum absolute atomic E-state index is 0.115. The number of carbonyl (C=O) groups excluding carboxylic acids is 1. The fraction of sp³-hybridized carbons (Fsp3) is 0.800. The highest BCUT2D eigenvalue weighted by Crippen LogP contribution is 1.97. The summed E-state index contributed by atoms with van der Waals surface area (Å²) in [5, 5.41) is 3.66. The molecule has 0 unspecified atom stereocenters. The summed E-state index contributed by atoms with van der Waals surface area (Å²) < 4.78 is 0. The van der Waals surface area contributed by atoms with Crippen molar-refractivity contribution in [2.24, 2.45) is 0 Å². The molecule has 2 amide bonds. The van der Waals surface area contributed by atoms with Gasteiger partial charge in [0.2, 0.25) is 0 Å². The first-order chi connectivity index (χ1) is 4.34. The van der Waals surface area contributed by atoms with Crippen LogP contribution in [-0.4, -0.2) is 36.4 Å². The van der Waals surface area contributed by atoms with E-state index in [2.05, 4.69) is 5.32 Å². The fourth-order valence-corrected chi connectivity index (χ4v) is 0.976. The maximum absolute atomic E-state index is 10.7. The van der Waals surface area contributed by atoms with Crippen LogP contribution in [0.5, 0.6) is 0 Å². The lowest BCUT2D eigenvalue weighted by Crippen LogP contribution is -2.27. The number of alkyl halides is 1. The van der Waals surface area contributed by atoms with Crippen molar-refractivity contribution in [1.82, 2.24) is 10.2 Å². The highest BCUT2D eigenvalue weighted by molar-refractivity contribution is 6.18. The Hall–Kier alpha value is -0.440. The van der Waals surface area contributed by atoms with Gasteiger partial charge in [-0.05, 0) is 0 Å². The van der Waals surface area contributed by atoms with Crippen LogP contribution >= 0.6 is 11.6 Å². The molecule has 0 saturated carbocycles. The Labute approximate surface area is 59.0 Å². The van der Waals surface area contributed by atoms with Gasteiger partial charge in [0.15, 0.2) is 0 Å². The standard InChI is InChI=1S/C5H8ClN2O/c6-1-3-8-4-2-7-5(8)9/h1-4H2. The van der Waals surface area contributed by atoms with E-state index >= 15 is 0 Å². The third-order valence-electron chi connectivity index (χ3n) is 1.24.